The third-order valence-corrected chi connectivity index (χ3v) is 4.13. The maximum Gasteiger partial charge on any atom is 0.137 e. The van der Waals surface area contributed by atoms with Crippen molar-refractivity contribution in [2.24, 2.45) is 0 Å². The highest BCUT2D eigenvalue weighted by molar-refractivity contribution is 6.30. The van der Waals surface area contributed by atoms with Crippen LogP contribution in [0.5, 0.6) is 0 Å². The number of anilines is 3. The number of halogens is 1. The fraction of sp³-hybridized carbons (Fsp3) is 0. The zero-order valence-electron chi connectivity index (χ0n) is 12.8. The lowest BCUT2D eigenvalue weighted by Gasteiger charge is -2.09. The summed E-state index contributed by atoms with van der Waals surface area (Å²) in [7, 11) is 0. The predicted octanol–water partition coefficient (Wildman–Crippen LogP) is 5.00. The van der Waals surface area contributed by atoms with Crippen LogP contribution in [0.25, 0.3) is 16.7 Å². The summed E-state index contributed by atoms with van der Waals surface area (Å²) >= 11 is 5.95. The molecule has 0 fully saturated rings. The Kier molecular flexibility index (Phi) is 3.59. The van der Waals surface area contributed by atoms with Crippen LogP contribution in [-0.4, -0.2) is 9.55 Å². The number of nitrogen functional groups attached to an aromatic ring is 1. The molecule has 0 saturated carbocycles. The van der Waals surface area contributed by atoms with Gasteiger partial charge in [0, 0.05) is 28.0 Å². The lowest BCUT2D eigenvalue weighted by Crippen LogP contribution is -1.97. The summed E-state index contributed by atoms with van der Waals surface area (Å²) < 4.78 is 2.04. The Bertz CT molecular complexity index is 988. The van der Waals surface area contributed by atoms with E-state index in [0.29, 0.717) is 5.69 Å². The first-order valence-corrected chi connectivity index (χ1v) is 7.93. The van der Waals surface area contributed by atoms with Crippen molar-refractivity contribution in [2.75, 3.05) is 11.1 Å². The Hall–Kier alpha value is -2.98. The molecular formula is C19H15ClN4. The first-order chi connectivity index (χ1) is 11.7. The molecule has 0 atom stereocenters. The van der Waals surface area contributed by atoms with Gasteiger partial charge in [-0.15, -0.1) is 0 Å². The monoisotopic (exact) mass is 334 g/mol. The molecule has 2 heterocycles. The van der Waals surface area contributed by atoms with Gasteiger partial charge in [0.05, 0.1) is 17.4 Å². The van der Waals surface area contributed by atoms with Gasteiger partial charge in [-0.1, -0.05) is 17.7 Å². The number of hydrogen-bond acceptors (Lipinski definition) is 3. The van der Waals surface area contributed by atoms with Gasteiger partial charge in [-0.25, -0.2) is 4.98 Å². The minimum Gasteiger partial charge on any atom is -0.397 e. The van der Waals surface area contributed by atoms with Crippen LogP contribution in [0.4, 0.5) is 17.1 Å². The van der Waals surface area contributed by atoms with E-state index in [9.17, 15) is 0 Å². The summed E-state index contributed by atoms with van der Waals surface area (Å²) in [5.74, 6) is 0.836. The van der Waals surface area contributed by atoms with E-state index in [0.717, 1.165) is 33.1 Å². The Morgan fingerprint density at radius 2 is 1.79 bits per heavy atom. The zero-order chi connectivity index (χ0) is 16.5. The lowest BCUT2D eigenvalue weighted by atomic mass is 10.2. The van der Waals surface area contributed by atoms with Crippen LogP contribution in [0.15, 0.2) is 73.1 Å². The van der Waals surface area contributed by atoms with Crippen LogP contribution in [0.3, 0.4) is 0 Å². The van der Waals surface area contributed by atoms with E-state index in [1.165, 1.54) is 0 Å². The number of nitrogens with zero attached hydrogens (tertiary/aromatic N) is 2. The molecule has 0 amide bonds. The second kappa shape index (κ2) is 5.91. The first-order valence-electron chi connectivity index (χ1n) is 7.55. The fourth-order valence-electron chi connectivity index (χ4n) is 2.71. The zero-order valence-corrected chi connectivity index (χ0v) is 13.5. The Morgan fingerprint density at radius 1 is 0.958 bits per heavy atom. The van der Waals surface area contributed by atoms with Crippen molar-refractivity contribution in [3.05, 3.63) is 78.1 Å². The quantitative estimate of drug-likeness (QED) is 0.554. The molecule has 0 radical (unpaired) electrons. The van der Waals surface area contributed by atoms with E-state index in [1.54, 1.807) is 6.20 Å². The van der Waals surface area contributed by atoms with Crippen molar-refractivity contribution >= 4 is 39.6 Å². The molecular weight excluding hydrogens is 320 g/mol. The third kappa shape index (κ3) is 2.68. The van der Waals surface area contributed by atoms with Crippen LogP contribution in [0.2, 0.25) is 5.02 Å². The van der Waals surface area contributed by atoms with Gasteiger partial charge in [0.1, 0.15) is 5.82 Å². The molecule has 0 unspecified atom stereocenters. The molecule has 0 aliphatic rings. The van der Waals surface area contributed by atoms with Crippen LogP contribution in [0, 0.1) is 0 Å². The van der Waals surface area contributed by atoms with Crippen molar-refractivity contribution in [1.29, 1.82) is 0 Å². The van der Waals surface area contributed by atoms with E-state index in [4.69, 9.17) is 17.3 Å². The summed E-state index contributed by atoms with van der Waals surface area (Å²) in [6, 6.07) is 19.6. The van der Waals surface area contributed by atoms with Crippen LogP contribution < -0.4 is 11.1 Å². The topological polar surface area (TPSA) is 55.9 Å². The predicted molar refractivity (Wildman–Crippen MR) is 100 cm³/mol. The minimum atomic E-state index is 0.653. The van der Waals surface area contributed by atoms with Crippen molar-refractivity contribution in [3.8, 4) is 5.82 Å². The second-order valence-corrected chi connectivity index (χ2v) is 5.94. The molecule has 0 spiro atoms. The third-order valence-electron chi connectivity index (χ3n) is 3.87. The fourth-order valence-corrected chi connectivity index (χ4v) is 2.83. The van der Waals surface area contributed by atoms with Crippen molar-refractivity contribution in [1.82, 2.24) is 9.55 Å². The Labute approximate surface area is 144 Å². The average molecular weight is 335 g/mol. The molecule has 0 saturated heterocycles. The first kappa shape index (κ1) is 14.6. The molecule has 0 aliphatic heterocycles. The van der Waals surface area contributed by atoms with E-state index in [1.807, 2.05) is 53.2 Å². The molecule has 2 aromatic heterocycles. The van der Waals surface area contributed by atoms with Crippen molar-refractivity contribution in [3.63, 3.8) is 0 Å². The van der Waals surface area contributed by atoms with Gasteiger partial charge in [0.15, 0.2) is 0 Å². The maximum absolute atomic E-state index is 5.95. The van der Waals surface area contributed by atoms with Gasteiger partial charge in [-0.3, -0.25) is 0 Å². The summed E-state index contributed by atoms with van der Waals surface area (Å²) in [5, 5.41) is 5.27. The van der Waals surface area contributed by atoms with Gasteiger partial charge in [0.2, 0.25) is 0 Å². The SMILES string of the molecule is Nc1ccc(-n2ccc3c(Nc4ccc(Cl)cc4)cccc32)nc1. The molecule has 118 valence electrons. The lowest BCUT2D eigenvalue weighted by molar-refractivity contribution is 1.05. The van der Waals surface area contributed by atoms with Crippen LogP contribution in [-0.2, 0) is 0 Å². The highest BCUT2D eigenvalue weighted by Crippen LogP contribution is 2.29. The highest BCUT2D eigenvalue weighted by Gasteiger charge is 2.08. The van der Waals surface area contributed by atoms with E-state index in [2.05, 4.69) is 28.5 Å². The van der Waals surface area contributed by atoms with Gasteiger partial charge in [-0.05, 0) is 54.6 Å². The maximum atomic E-state index is 5.95. The standard InChI is InChI=1S/C19H15ClN4/c20-13-4-7-15(8-5-13)23-17-2-1-3-18-16(17)10-11-24(18)19-9-6-14(21)12-22-19/h1-12,23H,21H2. The summed E-state index contributed by atoms with van der Waals surface area (Å²) in [5.41, 5.74) is 9.47. The normalized spacial score (nSPS) is 10.9. The second-order valence-electron chi connectivity index (χ2n) is 5.51. The molecule has 0 aliphatic carbocycles. The average Bonchev–Trinajstić information content (AvgIpc) is 3.03. The van der Waals surface area contributed by atoms with Crippen LogP contribution >= 0.6 is 11.6 Å². The van der Waals surface area contributed by atoms with Crippen LogP contribution in [0.1, 0.15) is 0 Å². The van der Waals surface area contributed by atoms with Gasteiger partial charge < -0.3 is 15.6 Å². The molecule has 4 nitrogen and oxygen atoms in total. The molecule has 5 heteroatoms. The van der Waals surface area contributed by atoms with E-state index < -0.39 is 0 Å². The number of fused-ring (bicyclic) bond motifs is 1. The summed E-state index contributed by atoms with van der Waals surface area (Å²) in [4.78, 5) is 4.40. The summed E-state index contributed by atoms with van der Waals surface area (Å²) in [6.07, 6.45) is 3.67. The largest absolute Gasteiger partial charge is 0.397 e. The smallest absolute Gasteiger partial charge is 0.137 e. The number of pyridine rings is 1. The van der Waals surface area contributed by atoms with E-state index >= 15 is 0 Å². The van der Waals surface area contributed by atoms with E-state index in [-0.39, 0.29) is 0 Å². The molecule has 2 aromatic carbocycles. The van der Waals surface area contributed by atoms with Crippen molar-refractivity contribution in [2.45, 2.75) is 0 Å². The van der Waals surface area contributed by atoms with Gasteiger partial charge >= 0.3 is 0 Å². The number of benzene rings is 2. The van der Waals surface area contributed by atoms with Gasteiger partial charge in [0.25, 0.3) is 0 Å². The Morgan fingerprint density at radius 3 is 2.54 bits per heavy atom. The number of nitrogens with two attached hydrogens (primary N) is 1. The number of aromatic nitrogens is 2. The van der Waals surface area contributed by atoms with Crippen molar-refractivity contribution < 1.29 is 0 Å². The summed E-state index contributed by atoms with van der Waals surface area (Å²) in [6.45, 7) is 0. The number of nitrogens with one attached hydrogen (secondary N) is 1. The number of hydrogen-bond donors (Lipinski definition) is 2. The molecule has 4 rings (SSSR count). The van der Waals surface area contributed by atoms with Gasteiger partial charge in [-0.2, -0.15) is 0 Å². The number of rotatable bonds is 3. The Balaban J connectivity index is 1.76. The molecule has 3 N–H and O–H groups in total. The highest BCUT2D eigenvalue weighted by atomic mass is 35.5. The molecule has 4 aromatic rings. The molecule has 0 bridgehead atoms. The molecule has 24 heavy (non-hydrogen) atoms. The minimum absolute atomic E-state index is 0.653.